The zero-order valence-corrected chi connectivity index (χ0v) is 15.2. The molecule has 1 aromatic carbocycles. The quantitative estimate of drug-likeness (QED) is 0.857. The van der Waals surface area contributed by atoms with Gasteiger partial charge in [0.2, 0.25) is 11.8 Å². The second-order valence-electron chi connectivity index (χ2n) is 6.62. The van der Waals surface area contributed by atoms with Gasteiger partial charge in [0.15, 0.2) is 0 Å². The summed E-state index contributed by atoms with van der Waals surface area (Å²) in [5, 5.41) is 3.59. The lowest BCUT2D eigenvalue weighted by atomic mass is 9.99. The van der Waals surface area contributed by atoms with E-state index < -0.39 is 0 Å². The maximum Gasteiger partial charge on any atom is 0.228 e. The number of para-hydroxylation sites is 1. The lowest BCUT2D eigenvalue weighted by Crippen LogP contribution is -2.44. The molecule has 2 amide bonds. The first-order chi connectivity index (χ1) is 11.5. The summed E-state index contributed by atoms with van der Waals surface area (Å²) < 4.78 is 0. The molecule has 1 aliphatic carbocycles. The maximum atomic E-state index is 12.7. The molecule has 4 nitrogen and oxygen atoms in total. The van der Waals surface area contributed by atoms with Crippen LogP contribution < -0.4 is 5.32 Å². The number of likely N-dealkylation sites (tertiary alicyclic amines) is 1. The summed E-state index contributed by atoms with van der Waals surface area (Å²) in [6.45, 7) is 2.94. The van der Waals surface area contributed by atoms with E-state index in [4.69, 9.17) is 23.2 Å². The van der Waals surface area contributed by atoms with Crippen LogP contribution in [0.15, 0.2) is 18.2 Å². The number of nitrogens with one attached hydrogen (secondary N) is 1. The van der Waals surface area contributed by atoms with Crippen LogP contribution in [0.3, 0.4) is 0 Å². The largest absolute Gasteiger partial charge is 0.339 e. The van der Waals surface area contributed by atoms with Crippen LogP contribution in [0.1, 0.15) is 39.0 Å². The number of rotatable bonds is 4. The van der Waals surface area contributed by atoms with Gasteiger partial charge in [-0.3, -0.25) is 9.59 Å². The van der Waals surface area contributed by atoms with E-state index in [0.29, 0.717) is 28.2 Å². The summed E-state index contributed by atoms with van der Waals surface area (Å²) in [4.78, 5) is 27.1. The molecule has 0 radical (unpaired) electrons. The van der Waals surface area contributed by atoms with Gasteiger partial charge in [-0.15, -0.1) is 0 Å². The summed E-state index contributed by atoms with van der Waals surface area (Å²) >= 11 is 12.2. The fourth-order valence-electron chi connectivity index (χ4n) is 3.52. The van der Waals surface area contributed by atoms with Crippen molar-refractivity contribution >= 4 is 40.7 Å². The number of halogens is 2. The smallest absolute Gasteiger partial charge is 0.228 e. The third-order valence-electron chi connectivity index (χ3n) is 5.04. The summed E-state index contributed by atoms with van der Waals surface area (Å²) in [6.07, 6.45) is 4.90. The summed E-state index contributed by atoms with van der Waals surface area (Å²) in [5.74, 6) is -0.511. The number of hydrogen-bond donors (Lipinski definition) is 1. The van der Waals surface area contributed by atoms with Gasteiger partial charge in [0.05, 0.1) is 27.6 Å². The van der Waals surface area contributed by atoms with Crippen molar-refractivity contribution in [1.82, 2.24) is 4.90 Å². The number of piperidine rings is 1. The van der Waals surface area contributed by atoms with E-state index in [9.17, 15) is 9.59 Å². The fourth-order valence-corrected chi connectivity index (χ4v) is 4.01. The van der Waals surface area contributed by atoms with Gasteiger partial charge in [0.1, 0.15) is 0 Å². The minimum atomic E-state index is -0.274. The van der Waals surface area contributed by atoms with Crippen molar-refractivity contribution in [3.63, 3.8) is 0 Å². The molecule has 0 aromatic heterocycles. The predicted molar refractivity (Wildman–Crippen MR) is 96.3 cm³/mol. The first-order valence-electron chi connectivity index (χ1n) is 8.58. The Bertz CT molecular complexity index is 630. The number of hydrogen-bond acceptors (Lipinski definition) is 2. The van der Waals surface area contributed by atoms with E-state index in [0.717, 1.165) is 25.8 Å². The van der Waals surface area contributed by atoms with Gasteiger partial charge in [0.25, 0.3) is 0 Å². The highest BCUT2D eigenvalue weighted by Crippen LogP contribution is 2.43. The van der Waals surface area contributed by atoms with Crippen molar-refractivity contribution < 1.29 is 9.59 Å². The highest BCUT2D eigenvalue weighted by Gasteiger charge is 2.50. The topological polar surface area (TPSA) is 49.4 Å². The Morgan fingerprint density at radius 2 is 1.92 bits per heavy atom. The molecule has 1 aromatic rings. The molecule has 130 valence electrons. The molecule has 1 saturated carbocycles. The molecule has 0 bridgehead atoms. The Morgan fingerprint density at radius 1 is 1.21 bits per heavy atom. The summed E-state index contributed by atoms with van der Waals surface area (Å²) in [5.41, 5.74) is 0.424. The number of anilines is 1. The molecule has 2 fully saturated rings. The minimum Gasteiger partial charge on any atom is -0.339 e. The minimum absolute atomic E-state index is 0.131. The van der Waals surface area contributed by atoms with Crippen molar-refractivity contribution in [1.29, 1.82) is 0 Å². The Morgan fingerprint density at radius 3 is 2.58 bits per heavy atom. The van der Waals surface area contributed by atoms with E-state index in [2.05, 4.69) is 12.2 Å². The highest BCUT2D eigenvalue weighted by atomic mass is 35.5. The Labute approximate surface area is 152 Å². The molecule has 3 atom stereocenters. The van der Waals surface area contributed by atoms with E-state index in [1.54, 1.807) is 18.2 Å². The van der Waals surface area contributed by atoms with E-state index in [1.807, 2.05) is 4.90 Å². The molecule has 3 rings (SSSR count). The number of carbonyl (C=O) groups excluding carboxylic acids is 2. The van der Waals surface area contributed by atoms with Gasteiger partial charge in [-0.05, 0) is 44.2 Å². The third kappa shape index (κ3) is 3.55. The Balaban J connectivity index is 1.62. The van der Waals surface area contributed by atoms with Crippen LogP contribution in [-0.2, 0) is 9.59 Å². The van der Waals surface area contributed by atoms with Crippen LogP contribution in [0.5, 0.6) is 0 Å². The van der Waals surface area contributed by atoms with E-state index in [-0.39, 0.29) is 23.7 Å². The van der Waals surface area contributed by atoms with Crippen LogP contribution in [0.2, 0.25) is 10.0 Å². The highest BCUT2D eigenvalue weighted by molar-refractivity contribution is 6.39. The second kappa shape index (κ2) is 7.32. The van der Waals surface area contributed by atoms with Gasteiger partial charge in [-0.1, -0.05) is 36.2 Å². The SMILES string of the molecule is CCC1CCCCN1C(=O)C1CC1C(=O)Nc1c(Cl)cccc1Cl. The summed E-state index contributed by atoms with van der Waals surface area (Å²) in [7, 11) is 0. The standard InChI is InChI=1S/C18H22Cl2N2O2/c1-2-11-6-3-4-9-22(11)18(24)13-10-12(13)17(23)21-16-14(19)7-5-8-15(16)20/h5,7-8,11-13H,2-4,6,9-10H2,1H3,(H,21,23). The van der Waals surface area contributed by atoms with Gasteiger partial charge < -0.3 is 10.2 Å². The molecule has 1 aliphatic heterocycles. The molecule has 3 unspecified atom stereocenters. The second-order valence-corrected chi connectivity index (χ2v) is 7.44. The van der Waals surface area contributed by atoms with Gasteiger partial charge in [0, 0.05) is 12.6 Å². The molecule has 6 heteroatoms. The van der Waals surface area contributed by atoms with Gasteiger partial charge in [-0.25, -0.2) is 0 Å². The number of nitrogens with zero attached hydrogens (tertiary/aromatic N) is 1. The summed E-state index contributed by atoms with van der Waals surface area (Å²) in [6, 6.07) is 5.41. The average molecular weight is 369 g/mol. The molecule has 1 N–H and O–H groups in total. The fraction of sp³-hybridized carbons (Fsp3) is 0.556. The Hall–Kier alpha value is -1.26. The maximum absolute atomic E-state index is 12.7. The average Bonchev–Trinajstić information content (AvgIpc) is 3.38. The first kappa shape index (κ1) is 17.6. The molecule has 2 aliphatic rings. The van der Waals surface area contributed by atoms with Crippen LogP contribution in [0.25, 0.3) is 0 Å². The zero-order chi connectivity index (χ0) is 17.3. The van der Waals surface area contributed by atoms with E-state index >= 15 is 0 Å². The van der Waals surface area contributed by atoms with Crippen LogP contribution in [-0.4, -0.2) is 29.3 Å². The molecule has 24 heavy (non-hydrogen) atoms. The van der Waals surface area contributed by atoms with Crippen molar-refractivity contribution in [2.24, 2.45) is 11.8 Å². The molecular formula is C18H22Cl2N2O2. The van der Waals surface area contributed by atoms with Crippen molar-refractivity contribution in [2.75, 3.05) is 11.9 Å². The molecule has 1 saturated heterocycles. The third-order valence-corrected chi connectivity index (χ3v) is 5.67. The lowest BCUT2D eigenvalue weighted by Gasteiger charge is -2.35. The predicted octanol–water partition coefficient (Wildman–Crippen LogP) is 4.36. The van der Waals surface area contributed by atoms with Gasteiger partial charge >= 0.3 is 0 Å². The normalized spacial score (nSPS) is 26.1. The number of carbonyl (C=O) groups is 2. The van der Waals surface area contributed by atoms with Crippen molar-refractivity contribution in [3.8, 4) is 0 Å². The van der Waals surface area contributed by atoms with Crippen molar-refractivity contribution in [2.45, 2.75) is 45.1 Å². The monoisotopic (exact) mass is 368 g/mol. The lowest BCUT2D eigenvalue weighted by molar-refractivity contribution is -0.137. The zero-order valence-electron chi connectivity index (χ0n) is 13.7. The number of benzene rings is 1. The molecule has 1 heterocycles. The number of amides is 2. The van der Waals surface area contributed by atoms with E-state index in [1.165, 1.54) is 6.42 Å². The molecule has 0 spiro atoms. The first-order valence-corrected chi connectivity index (χ1v) is 9.33. The van der Waals surface area contributed by atoms with Crippen LogP contribution in [0, 0.1) is 11.8 Å². The van der Waals surface area contributed by atoms with Crippen molar-refractivity contribution in [3.05, 3.63) is 28.2 Å². The Kier molecular flexibility index (Phi) is 5.36. The molecular weight excluding hydrogens is 347 g/mol. The van der Waals surface area contributed by atoms with Gasteiger partial charge in [-0.2, -0.15) is 0 Å². The van der Waals surface area contributed by atoms with Crippen LogP contribution in [0.4, 0.5) is 5.69 Å². The van der Waals surface area contributed by atoms with Crippen LogP contribution >= 0.6 is 23.2 Å².